The predicted octanol–water partition coefficient (Wildman–Crippen LogP) is 3.80. The Bertz CT molecular complexity index is 401. The molecule has 2 atom stereocenters. The lowest BCUT2D eigenvalue weighted by Crippen LogP contribution is -2.51. The molecule has 21 heavy (non-hydrogen) atoms. The maximum absolute atomic E-state index is 3.63. The van der Waals surface area contributed by atoms with Gasteiger partial charge >= 0.3 is 0 Å². The Labute approximate surface area is 130 Å². The Morgan fingerprint density at radius 2 is 1.62 bits per heavy atom. The molecule has 1 saturated heterocycles. The number of nitrogens with zero attached hydrogens (tertiary/aromatic N) is 2. The van der Waals surface area contributed by atoms with Gasteiger partial charge in [0.2, 0.25) is 0 Å². The van der Waals surface area contributed by atoms with E-state index in [-0.39, 0.29) is 0 Å². The summed E-state index contributed by atoms with van der Waals surface area (Å²) in [6, 6.07) is 10.3. The monoisotopic (exact) mass is 289 g/mol. The van der Waals surface area contributed by atoms with E-state index in [4.69, 9.17) is 0 Å². The van der Waals surface area contributed by atoms with Gasteiger partial charge in [-0.05, 0) is 58.2 Å². The Kier molecular flexibility index (Phi) is 6.07. The number of piperidine rings is 1. The first-order chi connectivity index (χ1) is 10.2. The molecule has 1 aromatic rings. The van der Waals surface area contributed by atoms with Crippen LogP contribution in [-0.2, 0) is 6.54 Å². The average Bonchev–Trinajstić information content (AvgIpc) is 2.49. The van der Waals surface area contributed by atoms with E-state index in [0.29, 0.717) is 12.1 Å². The molecule has 118 valence electrons. The lowest BCUT2D eigenvalue weighted by Gasteiger charge is -2.39. The molecular weight excluding hydrogens is 258 g/mol. The molecule has 0 aromatic heterocycles. The van der Waals surface area contributed by atoms with Crippen LogP contribution in [0.2, 0.25) is 0 Å². The van der Waals surface area contributed by atoms with Crippen molar-refractivity contribution in [1.29, 1.82) is 0 Å². The SMILES string of the molecule is CCN(CC)c1ccc(CNN2C(C)CCCC2C)cc1. The summed E-state index contributed by atoms with van der Waals surface area (Å²) in [6.07, 6.45) is 3.97. The van der Waals surface area contributed by atoms with Gasteiger partial charge < -0.3 is 4.90 Å². The summed E-state index contributed by atoms with van der Waals surface area (Å²) in [5.41, 5.74) is 6.31. The Morgan fingerprint density at radius 3 is 2.14 bits per heavy atom. The lowest BCUT2D eigenvalue weighted by atomic mass is 10.00. The van der Waals surface area contributed by atoms with Crippen LogP contribution in [0, 0.1) is 0 Å². The van der Waals surface area contributed by atoms with Gasteiger partial charge in [-0.2, -0.15) is 0 Å². The van der Waals surface area contributed by atoms with Gasteiger partial charge in [-0.1, -0.05) is 18.6 Å². The van der Waals surface area contributed by atoms with Gasteiger partial charge in [-0.3, -0.25) is 5.43 Å². The molecule has 3 nitrogen and oxygen atoms in total. The third kappa shape index (κ3) is 4.21. The minimum Gasteiger partial charge on any atom is -0.372 e. The zero-order valence-electron chi connectivity index (χ0n) is 14.1. The van der Waals surface area contributed by atoms with Gasteiger partial charge in [-0.25, -0.2) is 5.01 Å². The molecule has 0 radical (unpaired) electrons. The fraction of sp³-hybridized carbons (Fsp3) is 0.667. The summed E-state index contributed by atoms with van der Waals surface area (Å²) in [7, 11) is 0. The molecule has 0 amide bonds. The third-order valence-electron chi connectivity index (χ3n) is 4.72. The van der Waals surface area contributed by atoms with Crippen molar-refractivity contribution in [3.8, 4) is 0 Å². The van der Waals surface area contributed by atoms with Gasteiger partial charge in [0.15, 0.2) is 0 Å². The second-order valence-electron chi connectivity index (χ2n) is 6.21. The highest BCUT2D eigenvalue weighted by molar-refractivity contribution is 5.47. The second-order valence-corrected chi connectivity index (χ2v) is 6.21. The van der Waals surface area contributed by atoms with Crippen LogP contribution in [0.15, 0.2) is 24.3 Å². The van der Waals surface area contributed by atoms with Crippen molar-refractivity contribution >= 4 is 5.69 Å². The molecule has 3 heteroatoms. The van der Waals surface area contributed by atoms with E-state index >= 15 is 0 Å². The molecule has 2 unspecified atom stereocenters. The maximum atomic E-state index is 3.63. The number of hydrogen-bond acceptors (Lipinski definition) is 3. The van der Waals surface area contributed by atoms with Crippen LogP contribution in [0.3, 0.4) is 0 Å². The zero-order chi connectivity index (χ0) is 15.2. The standard InChI is InChI=1S/C18H31N3/c1-5-20(6-2)18-12-10-17(11-13-18)14-19-21-15(3)8-7-9-16(21)4/h10-13,15-16,19H,5-9,14H2,1-4H3. The van der Waals surface area contributed by atoms with Crippen LogP contribution in [-0.4, -0.2) is 30.2 Å². The fourth-order valence-corrected chi connectivity index (χ4v) is 3.33. The number of hydrogen-bond donors (Lipinski definition) is 1. The van der Waals surface area contributed by atoms with Crippen molar-refractivity contribution in [1.82, 2.24) is 10.4 Å². The van der Waals surface area contributed by atoms with Crippen LogP contribution in [0.4, 0.5) is 5.69 Å². The quantitative estimate of drug-likeness (QED) is 0.859. The average molecular weight is 289 g/mol. The van der Waals surface area contributed by atoms with Crippen LogP contribution in [0.5, 0.6) is 0 Å². The Hall–Kier alpha value is -1.06. The van der Waals surface area contributed by atoms with Crippen molar-refractivity contribution in [3.05, 3.63) is 29.8 Å². The molecule has 1 heterocycles. The molecule has 1 N–H and O–H groups in total. The summed E-state index contributed by atoms with van der Waals surface area (Å²) >= 11 is 0. The van der Waals surface area contributed by atoms with E-state index in [9.17, 15) is 0 Å². The van der Waals surface area contributed by atoms with E-state index in [1.165, 1.54) is 30.5 Å². The molecular formula is C18H31N3. The number of benzene rings is 1. The van der Waals surface area contributed by atoms with Crippen LogP contribution < -0.4 is 10.3 Å². The number of rotatable bonds is 6. The van der Waals surface area contributed by atoms with Crippen LogP contribution in [0.25, 0.3) is 0 Å². The molecule has 0 aliphatic carbocycles. The molecule has 1 aliphatic heterocycles. The highest BCUT2D eigenvalue weighted by atomic mass is 15.5. The van der Waals surface area contributed by atoms with E-state index in [2.05, 4.69) is 67.3 Å². The Balaban J connectivity index is 1.91. The lowest BCUT2D eigenvalue weighted by molar-refractivity contribution is 0.0435. The van der Waals surface area contributed by atoms with E-state index in [1.54, 1.807) is 0 Å². The Morgan fingerprint density at radius 1 is 1.05 bits per heavy atom. The highest BCUT2D eigenvalue weighted by Gasteiger charge is 2.23. The van der Waals surface area contributed by atoms with Gasteiger partial charge in [0, 0.05) is 37.4 Å². The molecule has 0 bridgehead atoms. The number of nitrogens with one attached hydrogen (secondary N) is 1. The van der Waals surface area contributed by atoms with E-state index in [1.807, 2.05) is 0 Å². The smallest absolute Gasteiger partial charge is 0.0366 e. The van der Waals surface area contributed by atoms with Gasteiger partial charge in [0.25, 0.3) is 0 Å². The largest absolute Gasteiger partial charge is 0.372 e. The third-order valence-corrected chi connectivity index (χ3v) is 4.72. The predicted molar refractivity (Wildman–Crippen MR) is 91.5 cm³/mol. The summed E-state index contributed by atoms with van der Waals surface area (Å²) in [5, 5.41) is 2.45. The highest BCUT2D eigenvalue weighted by Crippen LogP contribution is 2.21. The van der Waals surface area contributed by atoms with Gasteiger partial charge in [-0.15, -0.1) is 0 Å². The summed E-state index contributed by atoms with van der Waals surface area (Å²) < 4.78 is 0. The van der Waals surface area contributed by atoms with Gasteiger partial charge in [0.05, 0.1) is 0 Å². The van der Waals surface area contributed by atoms with Crippen molar-refractivity contribution < 1.29 is 0 Å². The first-order valence-corrected chi connectivity index (χ1v) is 8.51. The van der Waals surface area contributed by atoms with Crippen molar-refractivity contribution in [2.24, 2.45) is 0 Å². The van der Waals surface area contributed by atoms with Crippen molar-refractivity contribution in [2.45, 2.75) is 65.6 Å². The molecule has 1 fully saturated rings. The first kappa shape index (κ1) is 16.3. The van der Waals surface area contributed by atoms with E-state index in [0.717, 1.165) is 19.6 Å². The summed E-state index contributed by atoms with van der Waals surface area (Å²) in [6.45, 7) is 12.1. The normalized spacial score (nSPS) is 23.2. The van der Waals surface area contributed by atoms with Crippen molar-refractivity contribution in [2.75, 3.05) is 18.0 Å². The maximum Gasteiger partial charge on any atom is 0.0366 e. The molecule has 1 aliphatic rings. The molecule has 2 rings (SSSR count). The fourth-order valence-electron chi connectivity index (χ4n) is 3.33. The zero-order valence-corrected chi connectivity index (χ0v) is 14.1. The van der Waals surface area contributed by atoms with Crippen molar-refractivity contribution in [3.63, 3.8) is 0 Å². The van der Waals surface area contributed by atoms with E-state index < -0.39 is 0 Å². The topological polar surface area (TPSA) is 18.5 Å². The first-order valence-electron chi connectivity index (χ1n) is 8.51. The summed E-state index contributed by atoms with van der Waals surface area (Å²) in [5.74, 6) is 0. The minimum atomic E-state index is 0.642. The molecule has 1 aromatic carbocycles. The van der Waals surface area contributed by atoms with Crippen LogP contribution in [0.1, 0.15) is 52.5 Å². The molecule has 0 saturated carbocycles. The number of hydrazine groups is 1. The van der Waals surface area contributed by atoms with Crippen LogP contribution >= 0.6 is 0 Å². The van der Waals surface area contributed by atoms with Gasteiger partial charge in [0.1, 0.15) is 0 Å². The summed E-state index contributed by atoms with van der Waals surface area (Å²) in [4.78, 5) is 2.38. The molecule has 0 spiro atoms. The number of anilines is 1. The minimum absolute atomic E-state index is 0.642. The second kappa shape index (κ2) is 7.81.